The molecule has 2 N–H and O–H groups in total. The van der Waals surface area contributed by atoms with Gasteiger partial charge in [0.05, 0.1) is 17.3 Å². The third-order valence-electron chi connectivity index (χ3n) is 8.31. The third kappa shape index (κ3) is 5.25. The van der Waals surface area contributed by atoms with E-state index in [-0.39, 0.29) is 11.9 Å². The second kappa shape index (κ2) is 10.7. The molecule has 41 heavy (non-hydrogen) atoms. The zero-order chi connectivity index (χ0) is 28.7. The molecule has 1 aliphatic carbocycles. The number of carbonyl (C=O) groups excluding carboxylic acids is 1. The monoisotopic (exact) mass is 543 g/mol. The van der Waals surface area contributed by atoms with Gasteiger partial charge in [0.15, 0.2) is 0 Å². The Bertz CT molecular complexity index is 1760. The average Bonchev–Trinajstić information content (AvgIpc) is 3.82. The van der Waals surface area contributed by atoms with E-state index in [1.807, 2.05) is 73.8 Å². The van der Waals surface area contributed by atoms with Gasteiger partial charge in [-0.1, -0.05) is 48.5 Å². The van der Waals surface area contributed by atoms with Gasteiger partial charge in [-0.3, -0.25) is 9.78 Å². The maximum absolute atomic E-state index is 13.2. The molecule has 5 aromatic rings. The van der Waals surface area contributed by atoms with Crippen molar-refractivity contribution in [2.45, 2.75) is 52.1 Å². The first-order valence-electron chi connectivity index (χ1n) is 14.1. The molecule has 1 aliphatic rings. The fourth-order valence-corrected chi connectivity index (χ4v) is 5.57. The summed E-state index contributed by atoms with van der Waals surface area (Å²) in [6.07, 6.45) is 4.43. The van der Waals surface area contributed by atoms with Gasteiger partial charge < -0.3 is 15.0 Å². The molecule has 0 spiro atoms. The van der Waals surface area contributed by atoms with E-state index in [0.29, 0.717) is 29.2 Å². The van der Waals surface area contributed by atoms with Crippen molar-refractivity contribution in [2.24, 2.45) is 0 Å². The minimum atomic E-state index is -0.934. The van der Waals surface area contributed by atoms with Gasteiger partial charge in [0.2, 0.25) is 0 Å². The zero-order valence-electron chi connectivity index (χ0n) is 23.5. The van der Waals surface area contributed by atoms with Crippen LogP contribution in [0.1, 0.15) is 80.5 Å². The lowest BCUT2D eigenvalue weighted by Gasteiger charge is -2.14. The lowest BCUT2D eigenvalue weighted by Crippen LogP contribution is -2.27. The first-order valence-corrected chi connectivity index (χ1v) is 14.1. The summed E-state index contributed by atoms with van der Waals surface area (Å²) in [5, 5.41) is 13.7. The Morgan fingerprint density at radius 1 is 1.00 bits per heavy atom. The Morgan fingerprint density at radius 2 is 1.76 bits per heavy atom. The van der Waals surface area contributed by atoms with E-state index in [4.69, 9.17) is 0 Å². The molecule has 0 unspecified atom stereocenters. The molecule has 6 nitrogen and oxygen atoms in total. The Balaban J connectivity index is 1.20. The van der Waals surface area contributed by atoms with Crippen LogP contribution in [-0.2, 0) is 6.54 Å². The Morgan fingerprint density at radius 3 is 2.44 bits per heavy atom. The number of carbonyl (C=O) groups is 2. The van der Waals surface area contributed by atoms with Crippen LogP contribution in [0.25, 0.3) is 22.0 Å². The summed E-state index contributed by atoms with van der Waals surface area (Å²) >= 11 is 0. The van der Waals surface area contributed by atoms with Crippen LogP contribution in [0.3, 0.4) is 0 Å². The molecule has 206 valence electrons. The molecule has 0 aliphatic heterocycles. The smallest absolute Gasteiger partial charge is 0.336 e. The summed E-state index contributed by atoms with van der Waals surface area (Å²) in [5.41, 5.74) is 9.11. The molecular weight excluding hydrogens is 510 g/mol. The van der Waals surface area contributed by atoms with E-state index in [9.17, 15) is 14.7 Å². The highest BCUT2D eigenvalue weighted by molar-refractivity contribution is 5.99. The maximum atomic E-state index is 13.2. The van der Waals surface area contributed by atoms with Crippen molar-refractivity contribution in [3.05, 3.63) is 124 Å². The van der Waals surface area contributed by atoms with E-state index in [0.717, 1.165) is 39.0 Å². The fourth-order valence-electron chi connectivity index (χ4n) is 5.57. The molecule has 1 amide bonds. The second-order valence-corrected chi connectivity index (χ2v) is 11.1. The van der Waals surface area contributed by atoms with Gasteiger partial charge in [0, 0.05) is 34.9 Å². The molecule has 1 atom stereocenters. The van der Waals surface area contributed by atoms with Crippen LogP contribution >= 0.6 is 0 Å². The lowest BCUT2D eigenvalue weighted by molar-refractivity contribution is 0.0697. The third-order valence-corrected chi connectivity index (χ3v) is 8.31. The standard InChI is InChI=1S/C35H33N3O3/c1-21-23(3)38(20-24-8-10-26(11-9-24)29-6-4-5-7-30(29)35(40)41)33-17-15-27(18-31(21)33)34(39)37-22(2)32-16-14-28(19-36-32)25-12-13-25/h4-11,14-19,22,25H,12-13,20H2,1-3H3,(H,37,39)(H,40,41)/t22-/m0/s1. The molecule has 1 saturated carbocycles. The van der Waals surface area contributed by atoms with E-state index in [1.165, 1.54) is 18.4 Å². The van der Waals surface area contributed by atoms with Gasteiger partial charge in [-0.05, 0) is 97.7 Å². The Hall–Kier alpha value is -4.71. The number of rotatable bonds is 8. The van der Waals surface area contributed by atoms with Gasteiger partial charge in [-0.2, -0.15) is 0 Å². The molecule has 2 heterocycles. The highest BCUT2D eigenvalue weighted by Crippen LogP contribution is 2.39. The number of benzene rings is 3. The zero-order valence-corrected chi connectivity index (χ0v) is 23.5. The van der Waals surface area contributed by atoms with Crippen LogP contribution in [0.4, 0.5) is 0 Å². The first kappa shape index (κ1) is 26.5. The SMILES string of the molecule is Cc1c(C)n(Cc2ccc(-c3ccccc3C(=O)O)cc2)c2ccc(C(=O)N[C@@H](C)c3ccc(C4CC4)cn3)cc12. The largest absolute Gasteiger partial charge is 0.478 e. The van der Waals surface area contributed by atoms with Crippen molar-refractivity contribution in [2.75, 3.05) is 0 Å². The minimum absolute atomic E-state index is 0.116. The fraction of sp³-hybridized carbons (Fsp3) is 0.229. The molecule has 6 heteroatoms. The van der Waals surface area contributed by atoms with Crippen molar-refractivity contribution in [3.8, 4) is 11.1 Å². The van der Waals surface area contributed by atoms with Crippen LogP contribution in [0, 0.1) is 13.8 Å². The average molecular weight is 544 g/mol. The van der Waals surface area contributed by atoms with E-state index in [1.54, 1.807) is 12.1 Å². The minimum Gasteiger partial charge on any atom is -0.478 e. The summed E-state index contributed by atoms with van der Waals surface area (Å²) < 4.78 is 2.26. The van der Waals surface area contributed by atoms with E-state index >= 15 is 0 Å². The van der Waals surface area contributed by atoms with Crippen molar-refractivity contribution in [1.82, 2.24) is 14.9 Å². The summed E-state index contributed by atoms with van der Waals surface area (Å²) in [5.74, 6) is -0.390. The quantitative estimate of drug-likeness (QED) is 0.213. The van der Waals surface area contributed by atoms with E-state index < -0.39 is 5.97 Å². The molecule has 1 fully saturated rings. The van der Waals surface area contributed by atoms with E-state index in [2.05, 4.69) is 34.8 Å². The molecule has 6 rings (SSSR count). The van der Waals surface area contributed by atoms with Gasteiger partial charge >= 0.3 is 5.97 Å². The number of fused-ring (bicyclic) bond motifs is 1. The Labute approximate surface area is 239 Å². The van der Waals surface area contributed by atoms with Crippen molar-refractivity contribution in [3.63, 3.8) is 0 Å². The Kier molecular flexibility index (Phi) is 6.91. The predicted molar refractivity (Wildman–Crippen MR) is 161 cm³/mol. The van der Waals surface area contributed by atoms with Gasteiger partial charge in [-0.15, -0.1) is 0 Å². The number of hydrogen-bond acceptors (Lipinski definition) is 3. The van der Waals surface area contributed by atoms with Crippen LogP contribution in [0.5, 0.6) is 0 Å². The van der Waals surface area contributed by atoms with Crippen molar-refractivity contribution < 1.29 is 14.7 Å². The van der Waals surface area contributed by atoms with Gasteiger partial charge in [0.1, 0.15) is 0 Å². The molecule has 0 bridgehead atoms. The number of amides is 1. The highest BCUT2D eigenvalue weighted by Gasteiger charge is 2.24. The maximum Gasteiger partial charge on any atom is 0.336 e. The number of carboxylic acid groups (broad SMARTS) is 1. The number of aromatic carboxylic acids is 1. The molecule has 0 saturated heterocycles. The summed E-state index contributed by atoms with van der Waals surface area (Å²) in [4.78, 5) is 29.4. The summed E-state index contributed by atoms with van der Waals surface area (Å²) in [6.45, 7) is 6.83. The molecule has 2 aromatic heterocycles. The van der Waals surface area contributed by atoms with Crippen LogP contribution in [0.2, 0.25) is 0 Å². The number of hydrogen-bond donors (Lipinski definition) is 2. The van der Waals surface area contributed by atoms with Crippen molar-refractivity contribution >= 4 is 22.8 Å². The summed E-state index contributed by atoms with van der Waals surface area (Å²) in [7, 11) is 0. The van der Waals surface area contributed by atoms with Gasteiger partial charge in [0.25, 0.3) is 5.91 Å². The number of nitrogens with zero attached hydrogens (tertiary/aromatic N) is 2. The van der Waals surface area contributed by atoms with Crippen LogP contribution < -0.4 is 5.32 Å². The van der Waals surface area contributed by atoms with Crippen LogP contribution in [-0.4, -0.2) is 26.5 Å². The molecule has 3 aromatic carbocycles. The highest BCUT2D eigenvalue weighted by atomic mass is 16.4. The van der Waals surface area contributed by atoms with Crippen LogP contribution in [0.15, 0.2) is 85.1 Å². The number of carboxylic acids is 1. The summed E-state index contributed by atoms with van der Waals surface area (Å²) in [6, 6.07) is 24.9. The number of nitrogens with one attached hydrogen (secondary N) is 1. The lowest BCUT2D eigenvalue weighted by atomic mass is 9.99. The predicted octanol–water partition coefficient (Wildman–Crippen LogP) is 7.44. The number of aromatic nitrogens is 2. The topological polar surface area (TPSA) is 84.2 Å². The second-order valence-electron chi connectivity index (χ2n) is 11.1. The number of aryl methyl sites for hydroxylation is 1. The molecular formula is C35H33N3O3. The normalized spacial score (nSPS) is 13.7. The molecule has 0 radical (unpaired) electrons. The first-order chi connectivity index (χ1) is 19.8. The number of pyridine rings is 1. The van der Waals surface area contributed by atoms with Gasteiger partial charge in [-0.25, -0.2) is 4.79 Å². The van der Waals surface area contributed by atoms with Crippen molar-refractivity contribution in [1.29, 1.82) is 0 Å².